The Morgan fingerprint density at radius 3 is 2.28 bits per heavy atom. The molecule has 2 aliphatic carbocycles. The largest absolute Gasteiger partial charge is 0.351 e. The Kier molecular flexibility index (Phi) is 7.28. The minimum absolute atomic E-state index is 0.0559. The topological polar surface area (TPSA) is 67.2 Å². The molecule has 0 bridgehead atoms. The molecule has 1 unspecified atom stereocenters. The van der Waals surface area contributed by atoms with E-state index in [9.17, 15) is 9.59 Å². The Hall–Kier alpha value is -2.63. The van der Waals surface area contributed by atoms with E-state index < -0.39 is 6.04 Å². The number of carbonyl (C=O) groups excluding carboxylic acids is 2. The Morgan fingerprint density at radius 1 is 1.00 bits per heavy atom. The van der Waals surface area contributed by atoms with Crippen LogP contribution in [-0.4, -0.2) is 38.6 Å². The number of rotatable bonds is 7. The molecule has 0 saturated heterocycles. The fraction of sp³-hybridized carbons (Fsp3) is 0.577. The molecule has 0 radical (unpaired) electrons. The number of amides is 2. The summed E-state index contributed by atoms with van der Waals surface area (Å²) in [5, 5.41) is 7.68. The molecule has 2 aliphatic rings. The maximum atomic E-state index is 13.9. The SMILES string of the molecule is CC(C)n1cc(C(=O)N(C2CCCC2)C(C(=O)NC2CCCCC2)c2ccccc2)cn1. The molecule has 1 heterocycles. The first kappa shape index (κ1) is 22.6. The maximum Gasteiger partial charge on any atom is 0.258 e. The van der Waals surface area contributed by atoms with Crippen molar-refractivity contribution < 1.29 is 9.59 Å². The molecule has 1 atom stereocenters. The van der Waals surface area contributed by atoms with E-state index in [1.807, 2.05) is 55.3 Å². The predicted octanol–water partition coefficient (Wildman–Crippen LogP) is 5.04. The minimum atomic E-state index is -0.629. The lowest BCUT2D eigenvalue weighted by Gasteiger charge is -2.37. The molecule has 0 aliphatic heterocycles. The Bertz CT molecular complexity index is 896. The second kappa shape index (κ2) is 10.3. The van der Waals surface area contributed by atoms with Gasteiger partial charge in [-0.3, -0.25) is 14.3 Å². The monoisotopic (exact) mass is 436 g/mol. The number of hydrogen-bond donors (Lipinski definition) is 1. The summed E-state index contributed by atoms with van der Waals surface area (Å²) in [7, 11) is 0. The van der Waals surface area contributed by atoms with Gasteiger partial charge in [0, 0.05) is 24.3 Å². The van der Waals surface area contributed by atoms with Crippen LogP contribution in [0.2, 0.25) is 0 Å². The fourth-order valence-electron chi connectivity index (χ4n) is 5.16. The van der Waals surface area contributed by atoms with E-state index in [-0.39, 0.29) is 29.9 Å². The van der Waals surface area contributed by atoms with Crippen LogP contribution < -0.4 is 5.32 Å². The van der Waals surface area contributed by atoms with Crippen molar-refractivity contribution in [1.29, 1.82) is 0 Å². The maximum absolute atomic E-state index is 13.9. The van der Waals surface area contributed by atoms with Gasteiger partial charge in [0.1, 0.15) is 6.04 Å². The van der Waals surface area contributed by atoms with Crippen LogP contribution >= 0.6 is 0 Å². The second-order valence-electron chi connectivity index (χ2n) is 9.61. The van der Waals surface area contributed by atoms with Crippen molar-refractivity contribution in [3.8, 4) is 0 Å². The molecule has 0 spiro atoms. The standard InChI is InChI=1S/C26H36N4O2/c1-19(2)29-18-21(17-27-29)26(32)30(23-15-9-10-16-23)24(20-11-5-3-6-12-20)25(31)28-22-13-7-4-8-14-22/h3,5-6,11-12,17-19,22-24H,4,7-10,13-16H2,1-2H3,(H,28,31). The lowest BCUT2D eigenvalue weighted by Crippen LogP contribution is -2.50. The Morgan fingerprint density at radius 2 is 1.66 bits per heavy atom. The lowest BCUT2D eigenvalue weighted by molar-refractivity contribution is -0.127. The molecule has 6 nitrogen and oxygen atoms in total. The number of nitrogens with one attached hydrogen (secondary N) is 1. The van der Waals surface area contributed by atoms with Crippen molar-refractivity contribution in [2.24, 2.45) is 0 Å². The van der Waals surface area contributed by atoms with Crippen LogP contribution in [0.4, 0.5) is 0 Å². The summed E-state index contributed by atoms with van der Waals surface area (Å²) in [4.78, 5) is 29.5. The van der Waals surface area contributed by atoms with Gasteiger partial charge in [0.2, 0.25) is 5.91 Å². The molecule has 4 rings (SSSR count). The highest BCUT2D eigenvalue weighted by atomic mass is 16.2. The van der Waals surface area contributed by atoms with Crippen LogP contribution in [0.5, 0.6) is 0 Å². The Labute approximate surface area is 191 Å². The zero-order valence-electron chi connectivity index (χ0n) is 19.4. The van der Waals surface area contributed by atoms with Gasteiger partial charge in [0.15, 0.2) is 0 Å². The van der Waals surface area contributed by atoms with Crippen LogP contribution in [-0.2, 0) is 4.79 Å². The van der Waals surface area contributed by atoms with Gasteiger partial charge in [-0.2, -0.15) is 5.10 Å². The van der Waals surface area contributed by atoms with Crippen LogP contribution in [0.25, 0.3) is 0 Å². The van der Waals surface area contributed by atoms with Gasteiger partial charge in [-0.1, -0.05) is 62.4 Å². The van der Waals surface area contributed by atoms with E-state index in [0.717, 1.165) is 56.9 Å². The van der Waals surface area contributed by atoms with Gasteiger partial charge in [-0.05, 0) is 45.1 Å². The third kappa shape index (κ3) is 5.05. The first-order valence-electron chi connectivity index (χ1n) is 12.3. The van der Waals surface area contributed by atoms with Crippen molar-refractivity contribution >= 4 is 11.8 Å². The molecule has 2 amide bonds. The normalized spacial score (nSPS) is 18.6. The number of hydrogen-bond acceptors (Lipinski definition) is 3. The molecule has 172 valence electrons. The summed E-state index contributed by atoms with van der Waals surface area (Å²) >= 11 is 0. The summed E-state index contributed by atoms with van der Waals surface area (Å²) in [6, 6.07) is 9.60. The van der Waals surface area contributed by atoms with Crippen LogP contribution in [0.1, 0.15) is 99.6 Å². The van der Waals surface area contributed by atoms with Crippen molar-refractivity contribution in [2.75, 3.05) is 0 Å². The lowest BCUT2D eigenvalue weighted by atomic mass is 9.94. The molecule has 6 heteroatoms. The summed E-state index contributed by atoms with van der Waals surface area (Å²) in [6.45, 7) is 4.08. The first-order chi connectivity index (χ1) is 15.5. The van der Waals surface area contributed by atoms with Crippen LogP contribution in [0, 0.1) is 0 Å². The van der Waals surface area contributed by atoms with Crippen molar-refractivity contribution in [3.63, 3.8) is 0 Å². The number of nitrogens with zero attached hydrogens (tertiary/aromatic N) is 3. The van der Waals surface area contributed by atoms with E-state index in [1.54, 1.807) is 10.9 Å². The summed E-state index contributed by atoms with van der Waals surface area (Å²) in [5.41, 5.74) is 1.43. The molecular formula is C26H36N4O2. The average Bonchev–Trinajstić information content (AvgIpc) is 3.50. The molecule has 2 aromatic rings. The second-order valence-corrected chi connectivity index (χ2v) is 9.61. The summed E-state index contributed by atoms with van der Waals surface area (Å²) in [6.07, 6.45) is 13.1. The highest BCUT2D eigenvalue weighted by Crippen LogP contribution is 2.33. The molecule has 1 aromatic carbocycles. The average molecular weight is 437 g/mol. The van der Waals surface area contributed by atoms with Gasteiger partial charge in [0.05, 0.1) is 11.8 Å². The van der Waals surface area contributed by atoms with E-state index >= 15 is 0 Å². The van der Waals surface area contributed by atoms with Gasteiger partial charge >= 0.3 is 0 Å². The molecule has 1 N–H and O–H groups in total. The zero-order chi connectivity index (χ0) is 22.5. The number of benzene rings is 1. The number of aromatic nitrogens is 2. The summed E-state index contributed by atoms with van der Waals surface area (Å²) in [5.74, 6) is -0.156. The molecular weight excluding hydrogens is 400 g/mol. The van der Waals surface area contributed by atoms with Gasteiger partial charge in [-0.15, -0.1) is 0 Å². The third-order valence-corrected chi connectivity index (χ3v) is 6.92. The van der Waals surface area contributed by atoms with E-state index in [2.05, 4.69) is 10.4 Å². The van der Waals surface area contributed by atoms with Crippen molar-refractivity contribution in [1.82, 2.24) is 20.0 Å². The van der Waals surface area contributed by atoms with E-state index in [1.165, 1.54) is 6.42 Å². The van der Waals surface area contributed by atoms with Gasteiger partial charge in [0.25, 0.3) is 5.91 Å². The summed E-state index contributed by atoms with van der Waals surface area (Å²) < 4.78 is 1.81. The molecule has 2 saturated carbocycles. The molecule has 1 aromatic heterocycles. The highest BCUT2D eigenvalue weighted by Gasteiger charge is 2.39. The highest BCUT2D eigenvalue weighted by molar-refractivity contribution is 5.98. The van der Waals surface area contributed by atoms with Gasteiger partial charge in [-0.25, -0.2) is 0 Å². The van der Waals surface area contributed by atoms with Crippen molar-refractivity contribution in [3.05, 3.63) is 53.9 Å². The van der Waals surface area contributed by atoms with Gasteiger partial charge < -0.3 is 10.2 Å². The Balaban J connectivity index is 1.68. The van der Waals surface area contributed by atoms with E-state index in [4.69, 9.17) is 0 Å². The third-order valence-electron chi connectivity index (χ3n) is 6.92. The molecule has 2 fully saturated rings. The minimum Gasteiger partial charge on any atom is -0.351 e. The van der Waals surface area contributed by atoms with Crippen molar-refractivity contribution in [2.45, 2.75) is 95.8 Å². The zero-order valence-corrected chi connectivity index (χ0v) is 19.4. The quantitative estimate of drug-likeness (QED) is 0.661. The molecule has 32 heavy (non-hydrogen) atoms. The van der Waals surface area contributed by atoms with Crippen LogP contribution in [0.3, 0.4) is 0 Å². The fourth-order valence-corrected chi connectivity index (χ4v) is 5.16. The van der Waals surface area contributed by atoms with E-state index in [0.29, 0.717) is 5.56 Å². The van der Waals surface area contributed by atoms with Crippen LogP contribution in [0.15, 0.2) is 42.7 Å². The smallest absolute Gasteiger partial charge is 0.258 e. The first-order valence-corrected chi connectivity index (χ1v) is 12.3. The number of carbonyl (C=O) groups is 2. The predicted molar refractivity (Wildman–Crippen MR) is 125 cm³/mol.